The second kappa shape index (κ2) is 5.61. The van der Waals surface area contributed by atoms with E-state index in [1.807, 2.05) is 18.5 Å². The Labute approximate surface area is 108 Å². The van der Waals surface area contributed by atoms with E-state index in [-0.39, 0.29) is 23.8 Å². The Balaban J connectivity index is 2.00. The van der Waals surface area contributed by atoms with Crippen molar-refractivity contribution in [1.29, 1.82) is 0 Å². The Bertz CT molecular complexity index is 413. The third-order valence-electron chi connectivity index (χ3n) is 3.64. The zero-order valence-corrected chi connectivity index (χ0v) is 11.2. The summed E-state index contributed by atoms with van der Waals surface area (Å²) in [6.07, 6.45) is 5.82. The molecule has 2 rings (SSSR count). The lowest BCUT2D eigenvalue weighted by Gasteiger charge is -2.25. The van der Waals surface area contributed by atoms with Crippen LogP contribution < -0.4 is 5.73 Å². The van der Waals surface area contributed by atoms with Gasteiger partial charge >= 0.3 is 0 Å². The van der Waals surface area contributed by atoms with Crippen molar-refractivity contribution >= 4 is 5.78 Å². The van der Waals surface area contributed by atoms with Crippen molar-refractivity contribution in [3.05, 3.63) is 12.2 Å². The van der Waals surface area contributed by atoms with Crippen molar-refractivity contribution in [2.75, 3.05) is 0 Å². The number of hydrogen-bond donors (Lipinski definition) is 1. The van der Waals surface area contributed by atoms with Gasteiger partial charge in [-0.25, -0.2) is 9.67 Å². The van der Waals surface area contributed by atoms with Gasteiger partial charge in [0, 0.05) is 18.0 Å². The number of nitrogens with zero attached hydrogens (tertiary/aromatic N) is 3. The fourth-order valence-electron chi connectivity index (χ4n) is 2.65. The number of aromatic nitrogens is 3. The quantitative estimate of drug-likeness (QED) is 0.878. The molecule has 5 nitrogen and oxygen atoms in total. The van der Waals surface area contributed by atoms with E-state index in [2.05, 4.69) is 10.1 Å². The maximum Gasteiger partial charge on any atom is 0.143 e. The van der Waals surface area contributed by atoms with Crippen LogP contribution in [-0.4, -0.2) is 26.6 Å². The van der Waals surface area contributed by atoms with Crippen molar-refractivity contribution in [3.8, 4) is 0 Å². The van der Waals surface area contributed by atoms with E-state index in [1.54, 1.807) is 0 Å². The molecule has 2 atom stereocenters. The molecule has 0 radical (unpaired) electrons. The van der Waals surface area contributed by atoms with Crippen LogP contribution >= 0.6 is 0 Å². The van der Waals surface area contributed by atoms with Gasteiger partial charge in [0.05, 0.1) is 6.42 Å². The molecule has 5 heteroatoms. The van der Waals surface area contributed by atoms with Crippen LogP contribution in [0.4, 0.5) is 0 Å². The van der Waals surface area contributed by atoms with Crippen LogP contribution in [0, 0.1) is 5.92 Å². The molecule has 2 N–H and O–H groups in total. The van der Waals surface area contributed by atoms with E-state index in [1.165, 1.54) is 6.33 Å². The standard InChI is InChI=1S/C13H22N4O/c1-9(2)17-13(15-8-16-17)7-12(18)10-4-3-5-11(14)6-10/h8-11H,3-7,14H2,1-2H3. The summed E-state index contributed by atoms with van der Waals surface area (Å²) >= 11 is 0. The molecule has 0 spiro atoms. The Hall–Kier alpha value is -1.23. The lowest BCUT2D eigenvalue weighted by Crippen LogP contribution is -2.32. The van der Waals surface area contributed by atoms with Crippen LogP contribution in [0.3, 0.4) is 0 Å². The first kappa shape index (κ1) is 13.2. The molecule has 0 bridgehead atoms. The number of carbonyl (C=O) groups is 1. The van der Waals surface area contributed by atoms with Crippen LogP contribution in [0.5, 0.6) is 0 Å². The van der Waals surface area contributed by atoms with Crippen LogP contribution in [0.2, 0.25) is 0 Å². The molecule has 0 aliphatic heterocycles. The Morgan fingerprint density at radius 2 is 2.33 bits per heavy atom. The van der Waals surface area contributed by atoms with Gasteiger partial charge < -0.3 is 5.73 Å². The summed E-state index contributed by atoms with van der Waals surface area (Å²) in [7, 11) is 0. The summed E-state index contributed by atoms with van der Waals surface area (Å²) in [6.45, 7) is 4.08. The molecule has 1 aliphatic carbocycles. The van der Waals surface area contributed by atoms with Crippen LogP contribution in [0.1, 0.15) is 51.4 Å². The van der Waals surface area contributed by atoms with E-state index < -0.39 is 0 Å². The number of Topliss-reactive ketones (excluding diaryl/α,β-unsaturated/α-hetero) is 1. The Morgan fingerprint density at radius 1 is 1.56 bits per heavy atom. The first-order valence-corrected chi connectivity index (χ1v) is 6.74. The summed E-state index contributed by atoms with van der Waals surface area (Å²) in [5.74, 6) is 1.15. The van der Waals surface area contributed by atoms with Gasteiger partial charge in [-0.1, -0.05) is 6.42 Å². The van der Waals surface area contributed by atoms with Gasteiger partial charge in [0.2, 0.25) is 0 Å². The first-order chi connectivity index (χ1) is 8.58. The van der Waals surface area contributed by atoms with Crippen molar-refractivity contribution < 1.29 is 4.79 Å². The molecule has 1 fully saturated rings. The number of ketones is 1. The normalized spacial score (nSPS) is 24.4. The van der Waals surface area contributed by atoms with E-state index in [9.17, 15) is 4.79 Å². The van der Waals surface area contributed by atoms with Gasteiger partial charge in [-0.15, -0.1) is 0 Å². The van der Waals surface area contributed by atoms with Gasteiger partial charge in [-0.05, 0) is 33.1 Å². The topological polar surface area (TPSA) is 73.8 Å². The minimum absolute atomic E-state index is 0.117. The monoisotopic (exact) mass is 250 g/mol. The highest BCUT2D eigenvalue weighted by molar-refractivity contribution is 5.82. The van der Waals surface area contributed by atoms with Gasteiger partial charge in [-0.3, -0.25) is 4.79 Å². The minimum atomic E-state index is 0.117. The predicted octanol–water partition coefficient (Wildman–Crippen LogP) is 1.49. The summed E-state index contributed by atoms with van der Waals surface area (Å²) in [5, 5.41) is 4.16. The highest BCUT2D eigenvalue weighted by atomic mass is 16.1. The third kappa shape index (κ3) is 2.96. The molecule has 0 amide bonds. The average Bonchev–Trinajstić information content (AvgIpc) is 2.77. The van der Waals surface area contributed by atoms with Crippen molar-refractivity contribution in [1.82, 2.24) is 14.8 Å². The fourth-order valence-corrected chi connectivity index (χ4v) is 2.65. The van der Waals surface area contributed by atoms with E-state index in [0.29, 0.717) is 6.42 Å². The van der Waals surface area contributed by atoms with Crippen LogP contribution in [-0.2, 0) is 11.2 Å². The smallest absolute Gasteiger partial charge is 0.143 e. The third-order valence-corrected chi connectivity index (χ3v) is 3.64. The van der Waals surface area contributed by atoms with Crippen LogP contribution in [0.25, 0.3) is 0 Å². The zero-order valence-electron chi connectivity index (χ0n) is 11.2. The maximum absolute atomic E-state index is 12.2. The summed E-state index contributed by atoms with van der Waals surface area (Å²) < 4.78 is 1.82. The second-order valence-corrected chi connectivity index (χ2v) is 5.48. The zero-order chi connectivity index (χ0) is 13.1. The second-order valence-electron chi connectivity index (χ2n) is 5.48. The van der Waals surface area contributed by atoms with Gasteiger partial charge in [0.1, 0.15) is 17.9 Å². The lowest BCUT2D eigenvalue weighted by atomic mass is 9.82. The van der Waals surface area contributed by atoms with E-state index in [4.69, 9.17) is 5.73 Å². The molecule has 0 aromatic carbocycles. The summed E-state index contributed by atoms with van der Waals surface area (Å²) in [6, 6.07) is 0.430. The SMILES string of the molecule is CC(C)n1ncnc1CC(=O)C1CCCC(N)C1. The largest absolute Gasteiger partial charge is 0.328 e. The highest BCUT2D eigenvalue weighted by Crippen LogP contribution is 2.25. The maximum atomic E-state index is 12.2. The predicted molar refractivity (Wildman–Crippen MR) is 69.1 cm³/mol. The average molecular weight is 250 g/mol. The molecule has 1 aromatic rings. The molecule has 1 saturated carbocycles. The molecule has 18 heavy (non-hydrogen) atoms. The van der Waals surface area contributed by atoms with Crippen molar-refractivity contribution in [3.63, 3.8) is 0 Å². The van der Waals surface area contributed by atoms with Crippen molar-refractivity contribution in [2.24, 2.45) is 11.7 Å². The number of carbonyl (C=O) groups excluding carboxylic acids is 1. The van der Waals surface area contributed by atoms with E-state index in [0.717, 1.165) is 31.5 Å². The molecule has 1 heterocycles. The number of rotatable bonds is 4. The molecular formula is C13H22N4O. The number of hydrogen-bond acceptors (Lipinski definition) is 4. The van der Waals surface area contributed by atoms with Crippen molar-refractivity contribution in [2.45, 2.75) is 58.0 Å². The van der Waals surface area contributed by atoms with Gasteiger partial charge in [-0.2, -0.15) is 5.10 Å². The highest BCUT2D eigenvalue weighted by Gasteiger charge is 2.26. The Kier molecular flexibility index (Phi) is 4.11. The van der Waals surface area contributed by atoms with Gasteiger partial charge in [0.15, 0.2) is 0 Å². The molecule has 1 aromatic heterocycles. The lowest BCUT2D eigenvalue weighted by molar-refractivity contribution is -0.123. The fraction of sp³-hybridized carbons (Fsp3) is 0.769. The minimum Gasteiger partial charge on any atom is -0.328 e. The molecule has 100 valence electrons. The summed E-state index contributed by atoms with van der Waals surface area (Å²) in [5.41, 5.74) is 5.93. The first-order valence-electron chi connectivity index (χ1n) is 6.74. The van der Waals surface area contributed by atoms with Crippen LogP contribution in [0.15, 0.2) is 6.33 Å². The van der Waals surface area contributed by atoms with E-state index >= 15 is 0 Å². The van der Waals surface area contributed by atoms with Gasteiger partial charge in [0.25, 0.3) is 0 Å². The molecule has 0 saturated heterocycles. The Morgan fingerprint density at radius 3 is 3.00 bits per heavy atom. The molecular weight excluding hydrogens is 228 g/mol. The molecule has 2 unspecified atom stereocenters. The number of nitrogens with two attached hydrogens (primary N) is 1. The molecule has 1 aliphatic rings. The summed E-state index contributed by atoms with van der Waals surface area (Å²) in [4.78, 5) is 16.4.